The number of ether oxygens (including phenoxy) is 1. The van der Waals surface area contributed by atoms with Crippen molar-refractivity contribution < 1.29 is 9.66 Å². The third-order valence-electron chi connectivity index (χ3n) is 2.98. The Labute approximate surface area is 122 Å². The number of nitro groups is 1. The summed E-state index contributed by atoms with van der Waals surface area (Å²) < 4.78 is 5.55. The highest BCUT2D eigenvalue weighted by molar-refractivity contribution is 5.56. The lowest BCUT2D eigenvalue weighted by Crippen LogP contribution is -2.12. The van der Waals surface area contributed by atoms with Crippen LogP contribution in [0, 0.1) is 17.0 Å². The van der Waals surface area contributed by atoms with Gasteiger partial charge in [-0.15, -0.1) is 0 Å². The lowest BCUT2D eigenvalue weighted by atomic mass is 10.2. The van der Waals surface area contributed by atoms with E-state index in [1.807, 2.05) is 19.1 Å². The summed E-state index contributed by atoms with van der Waals surface area (Å²) in [6.07, 6.45) is 0. The van der Waals surface area contributed by atoms with E-state index in [0.29, 0.717) is 24.6 Å². The number of anilines is 2. The molecule has 3 N–H and O–H groups in total. The smallest absolute Gasteiger partial charge is 0.271 e. The summed E-state index contributed by atoms with van der Waals surface area (Å²) in [5.74, 6) is 0.701. The molecule has 6 heteroatoms. The van der Waals surface area contributed by atoms with Gasteiger partial charge in [0.15, 0.2) is 0 Å². The molecule has 0 aliphatic heterocycles. The average Bonchev–Trinajstić information content (AvgIpc) is 2.45. The Morgan fingerprint density at radius 2 is 2.10 bits per heavy atom. The SMILES string of the molecule is Cc1ccc([N+](=O)[O-])cc1NCCOc1cccc(N)c1. The van der Waals surface area contributed by atoms with Crippen molar-refractivity contribution in [1.82, 2.24) is 0 Å². The Hall–Kier alpha value is -2.76. The maximum absolute atomic E-state index is 10.8. The number of hydrogen-bond acceptors (Lipinski definition) is 5. The van der Waals surface area contributed by atoms with Crippen LogP contribution >= 0.6 is 0 Å². The number of rotatable bonds is 6. The zero-order valence-corrected chi connectivity index (χ0v) is 11.7. The Balaban J connectivity index is 1.88. The van der Waals surface area contributed by atoms with Crippen LogP contribution in [-0.4, -0.2) is 18.1 Å². The lowest BCUT2D eigenvalue weighted by molar-refractivity contribution is -0.384. The number of nitrogen functional groups attached to an aromatic ring is 1. The van der Waals surface area contributed by atoms with Gasteiger partial charge in [-0.05, 0) is 24.6 Å². The first kappa shape index (κ1) is 14.6. The molecule has 110 valence electrons. The molecular weight excluding hydrogens is 270 g/mol. The summed E-state index contributed by atoms with van der Waals surface area (Å²) >= 11 is 0. The van der Waals surface area contributed by atoms with Crippen LogP contribution in [0.25, 0.3) is 0 Å². The van der Waals surface area contributed by atoms with Crippen LogP contribution in [-0.2, 0) is 0 Å². The van der Waals surface area contributed by atoms with Gasteiger partial charge in [-0.25, -0.2) is 0 Å². The highest BCUT2D eigenvalue weighted by Gasteiger charge is 2.08. The number of nitrogens with one attached hydrogen (secondary N) is 1. The number of nitrogens with zero attached hydrogens (tertiary/aromatic N) is 1. The zero-order valence-electron chi connectivity index (χ0n) is 11.7. The fourth-order valence-electron chi connectivity index (χ4n) is 1.87. The van der Waals surface area contributed by atoms with Crippen molar-refractivity contribution in [2.45, 2.75) is 6.92 Å². The van der Waals surface area contributed by atoms with Gasteiger partial charge in [-0.3, -0.25) is 10.1 Å². The first-order valence-corrected chi connectivity index (χ1v) is 6.53. The van der Waals surface area contributed by atoms with Crippen molar-refractivity contribution in [2.24, 2.45) is 0 Å². The van der Waals surface area contributed by atoms with Crippen molar-refractivity contribution in [3.05, 3.63) is 58.1 Å². The summed E-state index contributed by atoms with van der Waals surface area (Å²) in [5, 5.41) is 13.9. The third kappa shape index (κ3) is 4.10. The highest BCUT2D eigenvalue weighted by Crippen LogP contribution is 2.21. The number of aryl methyl sites for hydroxylation is 1. The molecule has 6 nitrogen and oxygen atoms in total. The van der Waals surface area contributed by atoms with E-state index in [1.165, 1.54) is 12.1 Å². The fourth-order valence-corrected chi connectivity index (χ4v) is 1.87. The molecule has 2 aromatic rings. The molecule has 0 amide bonds. The van der Waals surface area contributed by atoms with Crippen LogP contribution in [0.4, 0.5) is 17.1 Å². The van der Waals surface area contributed by atoms with E-state index in [0.717, 1.165) is 11.3 Å². The lowest BCUT2D eigenvalue weighted by Gasteiger charge is -2.11. The summed E-state index contributed by atoms with van der Waals surface area (Å²) in [7, 11) is 0. The average molecular weight is 287 g/mol. The number of benzene rings is 2. The van der Waals surface area contributed by atoms with Gasteiger partial charge >= 0.3 is 0 Å². The molecule has 0 atom stereocenters. The molecule has 0 fully saturated rings. The van der Waals surface area contributed by atoms with Gasteiger partial charge < -0.3 is 15.8 Å². The van der Waals surface area contributed by atoms with Crippen LogP contribution in [0.5, 0.6) is 5.75 Å². The maximum Gasteiger partial charge on any atom is 0.271 e. The first-order valence-electron chi connectivity index (χ1n) is 6.53. The first-order chi connectivity index (χ1) is 10.1. The topological polar surface area (TPSA) is 90.4 Å². The van der Waals surface area contributed by atoms with Crippen LogP contribution in [0.2, 0.25) is 0 Å². The molecule has 2 aromatic carbocycles. The predicted octanol–water partition coefficient (Wildman–Crippen LogP) is 2.98. The Morgan fingerprint density at radius 1 is 1.29 bits per heavy atom. The van der Waals surface area contributed by atoms with E-state index in [-0.39, 0.29) is 5.69 Å². The van der Waals surface area contributed by atoms with Crippen LogP contribution in [0.3, 0.4) is 0 Å². The second-order valence-electron chi connectivity index (χ2n) is 4.60. The van der Waals surface area contributed by atoms with E-state index in [9.17, 15) is 10.1 Å². The van der Waals surface area contributed by atoms with Gasteiger partial charge in [0.05, 0.1) is 4.92 Å². The van der Waals surface area contributed by atoms with Crippen molar-refractivity contribution in [1.29, 1.82) is 0 Å². The minimum Gasteiger partial charge on any atom is -0.492 e. The largest absolute Gasteiger partial charge is 0.492 e. The molecule has 0 bridgehead atoms. The van der Waals surface area contributed by atoms with E-state index in [1.54, 1.807) is 18.2 Å². The summed E-state index contributed by atoms with van der Waals surface area (Å²) in [5.41, 5.74) is 8.06. The van der Waals surface area contributed by atoms with E-state index in [4.69, 9.17) is 10.5 Å². The van der Waals surface area contributed by atoms with Gasteiger partial charge in [0.2, 0.25) is 0 Å². The second kappa shape index (κ2) is 6.60. The van der Waals surface area contributed by atoms with Crippen molar-refractivity contribution in [3.63, 3.8) is 0 Å². The summed E-state index contributed by atoms with van der Waals surface area (Å²) in [4.78, 5) is 10.3. The van der Waals surface area contributed by atoms with Crippen LogP contribution < -0.4 is 15.8 Å². The van der Waals surface area contributed by atoms with Crippen LogP contribution in [0.1, 0.15) is 5.56 Å². The Morgan fingerprint density at radius 3 is 2.81 bits per heavy atom. The molecular formula is C15H17N3O3. The van der Waals surface area contributed by atoms with Crippen molar-refractivity contribution in [3.8, 4) is 5.75 Å². The van der Waals surface area contributed by atoms with Gasteiger partial charge in [0.25, 0.3) is 5.69 Å². The molecule has 0 heterocycles. The predicted molar refractivity (Wildman–Crippen MR) is 82.7 cm³/mol. The monoisotopic (exact) mass is 287 g/mol. The third-order valence-corrected chi connectivity index (χ3v) is 2.98. The number of non-ortho nitro benzene ring substituents is 1. The molecule has 0 saturated carbocycles. The molecule has 0 spiro atoms. The number of nitrogens with two attached hydrogens (primary N) is 1. The molecule has 2 rings (SSSR count). The van der Waals surface area contributed by atoms with Gasteiger partial charge in [0.1, 0.15) is 12.4 Å². The zero-order chi connectivity index (χ0) is 15.2. The minimum absolute atomic E-state index is 0.0693. The van der Waals surface area contributed by atoms with E-state index >= 15 is 0 Å². The van der Waals surface area contributed by atoms with Gasteiger partial charge in [-0.2, -0.15) is 0 Å². The molecule has 0 aliphatic carbocycles. The molecule has 0 saturated heterocycles. The molecule has 0 radical (unpaired) electrons. The Bertz CT molecular complexity index is 644. The molecule has 0 unspecified atom stereocenters. The normalized spacial score (nSPS) is 10.1. The summed E-state index contributed by atoms with van der Waals surface area (Å²) in [6.45, 7) is 2.87. The quantitative estimate of drug-likeness (QED) is 0.369. The van der Waals surface area contributed by atoms with Gasteiger partial charge in [-0.1, -0.05) is 12.1 Å². The number of hydrogen-bond donors (Lipinski definition) is 2. The highest BCUT2D eigenvalue weighted by atomic mass is 16.6. The fraction of sp³-hybridized carbons (Fsp3) is 0.200. The molecule has 21 heavy (non-hydrogen) atoms. The number of nitro benzene ring substituents is 1. The van der Waals surface area contributed by atoms with Crippen molar-refractivity contribution >= 4 is 17.1 Å². The minimum atomic E-state index is -0.409. The van der Waals surface area contributed by atoms with Crippen molar-refractivity contribution in [2.75, 3.05) is 24.2 Å². The molecule has 0 aliphatic rings. The van der Waals surface area contributed by atoms with Gasteiger partial charge in [0, 0.05) is 36.1 Å². The van der Waals surface area contributed by atoms with E-state index in [2.05, 4.69) is 5.32 Å². The van der Waals surface area contributed by atoms with E-state index < -0.39 is 4.92 Å². The standard InChI is InChI=1S/C15H17N3O3/c1-11-5-6-13(18(19)20)10-15(11)17-7-8-21-14-4-2-3-12(16)9-14/h2-6,9-10,17H,7-8,16H2,1H3. The van der Waals surface area contributed by atoms with Crippen LogP contribution in [0.15, 0.2) is 42.5 Å². The maximum atomic E-state index is 10.8. The molecule has 0 aromatic heterocycles. The second-order valence-corrected chi connectivity index (χ2v) is 4.60. The summed E-state index contributed by atoms with van der Waals surface area (Å²) in [6, 6.07) is 11.9. The Kier molecular flexibility index (Phi) is 4.61.